The third kappa shape index (κ3) is 4.94. The van der Waals surface area contributed by atoms with E-state index in [9.17, 15) is 9.18 Å². The summed E-state index contributed by atoms with van der Waals surface area (Å²) in [5.74, 6) is -0.210. The van der Waals surface area contributed by atoms with Gasteiger partial charge in [-0.15, -0.1) is 5.10 Å². The molecule has 1 saturated heterocycles. The second-order valence-electron chi connectivity index (χ2n) is 7.33. The number of piperazine rings is 1. The van der Waals surface area contributed by atoms with Crippen LogP contribution in [0.25, 0.3) is 0 Å². The van der Waals surface area contributed by atoms with Gasteiger partial charge in [-0.1, -0.05) is 23.7 Å². The van der Waals surface area contributed by atoms with Gasteiger partial charge in [0.1, 0.15) is 12.1 Å². The van der Waals surface area contributed by atoms with E-state index in [4.69, 9.17) is 11.6 Å². The van der Waals surface area contributed by atoms with Crippen molar-refractivity contribution in [1.82, 2.24) is 25.1 Å². The van der Waals surface area contributed by atoms with E-state index in [2.05, 4.69) is 20.4 Å². The Morgan fingerprint density at radius 1 is 1.03 bits per heavy atom. The molecule has 4 rings (SSSR count). The highest BCUT2D eigenvalue weighted by Crippen LogP contribution is 2.25. The highest BCUT2D eigenvalue weighted by molar-refractivity contribution is 6.30. The monoisotopic (exact) mass is 428 g/mol. The van der Waals surface area contributed by atoms with Crippen molar-refractivity contribution < 1.29 is 9.18 Å². The van der Waals surface area contributed by atoms with E-state index >= 15 is 0 Å². The van der Waals surface area contributed by atoms with Gasteiger partial charge in [-0.25, -0.2) is 9.07 Å². The van der Waals surface area contributed by atoms with E-state index < -0.39 is 0 Å². The van der Waals surface area contributed by atoms with Gasteiger partial charge in [-0.05, 0) is 52.4 Å². The molecule has 0 aliphatic carbocycles. The standard InChI is InChI=1S/C21H22ClFN6O/c22-18-3-1-16(2-4-18)17(14-29-15-24-25-26-29)13-21(30)28-11-9-27(10-12-28)20-7-5-19(23)6-8-20/h1-8,15,17H,9-14H2. The molecule has 1 atom stereocenters. The summed E-state index contributed by atoms with van der Waals surface area (Å²) in [7, 11) is 0. The Morgan fingerprint density at radius 3 is 2.37 bits per heavy atom. The average molecular weight is 429 g/mol. The minimum atomic E-state index is -0.247. The fourth-order valence-corrected chi connectivity index (χ4v) is 3.84. The lowest BCUT2D eigenvalue weighted by atomic mass is 9.95. The van der Waals surface area contributed by atoms with Crippen LogP contribution in [0.2, 0.25) is 5.02 Å². The van der Waals surface area contributed by atoms with Crippen molar-refractivity contribution >= 4 is 23.2 Å². The third-order valence-corrected chi connectivity index (χ3v) is 5.64. The lowest BCUT2D eigenvalue weighted by molar-refractivity contribution is -0.132. The van der Waals surface area contributed by atoms with Crippen LogP contribution in [0.3, 0.4) is 0 Å². The Balaban J connectivity index is 1.40. The molecule has 0 N–H and O–H groups in total. The number of aromatic nitrogens is 4. The van der Waals surface area contributed by atoms with Crippen LogP contribution in [0.4, 0.5) is 10.1 Å². The fraction of sp³-hybridized carbons (Fsp3) is 0.333. The molecule has 2 heterocycles. The van der Waals surface area contributed by atoms with Crippen LogP contribution in [-0.4, -0.2) is 57.2 Å². The topological polar surface area (TPSA) is 67.2 Å². The largest absolute Gasteiger partial charge is 0.368 e. The van der Waals surface area contributed by atoms with Crippen LogP contribution in [0.1, 0.15) is 17.9 Å². The molecular weight excluding hydrogens is 407 g/mol. The van der Waals surface area contributed by atoms with Crippen LogP contribution in [-0.2, 0) is 11.3 Å². The molecule has 1 aliphatic rings. The number of nitrogens with zero attached hydrogens (tertiary/aromatic N) is 6. The lowest BCUT2D eigenvalue weighted by Gasteiger charge is -2.36. The number of rotatable bonds is 6. The van der Waals surface area contributed by atoms with Crippen LogP contribution >= 0.6 is 11.6 Å². The summed E-state index contributed by atoms with van der Waals surface area (Å²) >= 11 is 6.02. The number of anilines is 1. The lowest BCUT2D eigenvalue weighted by Crippen LogP contribution is -2.49. The van der Waals surface area contributed by atoms with Gasteiger partial charge in [-0.2, -0.15) is 0 Å². The molecule has 1 aromatic heterocycles. The maximum absolute atomic E-state index is 13.1. The Morgan fingerprint density at radius 2 is 1.73 bits per heavy atom. The van der Waals surface area contributed by atoms with Gasteiger partial charge in [0.15, 0.2) is 0 Å². The van der Waals surface area contributed by atoms with Gasteiger partial charge in [0.25, 0.3) is 0 Å². The molecule has 0 saturated carbocycles. The molecule has 0 spiro atoms. The number of carbonyl (C=O) groups is 1. The first kappa shape index (κ1) is 20.3. The molecule has 156 valence electrons. The van der Waals surface area contributed by atoms with E-state index in [0.717, 1.165) is 24.3 Å². The van der Waals surface area contributed by atoms with E-state index in [0.29, 0.717) is 31.1 Å². The first-order valence-electron chi connectivity index (χ1n) is 9.83. The molecular formula is C21H22ClFN6O. The summed E-state index contributed by atoms with van der Waals surface area (Å²) in [5.41, 5.74) is 1.99. The van der Waals surface area contributed by atoms with Crippen molar-refractivity contribution in [1.29, 1.82) is 0 Å². The quantitative estimate of drug-likeness (QED) is 0.603. The Bertz CT molecular complexity index is 956. The Kier molecular flexibility index (Phi) is 6.23. The predicted molar refractivity (Wildman–Crippen MR) is 112 cm³/mol. The molecule has 2 aromatic carbocycles. The van der Waals surface area contributed by atoms with Crippen molar-refractivity contribution in [3.63, 3.8) is 0 Å². The van der Waals surface area contributed by atoms with Gasteiger partial charge < -0.3 is 9.80 Å². The summed E-state index contributed by atoms with van der Waals surface area (Å²) in [5, 5.41) is 12.0. The predicted octanol–water partition coefficient (Wildman–Crippen LogP) is 2.99. The third-order valence-electron chi connectivity index (χ3n) is 5.39. The van der Waals surface area contributed by atoms with Crippen molar-refractivity contribution in [2.75, 3.05) is 31.1 Å². The highest BCUT2D eigenvalue weighted by atomic mass is 35.5. The Labute approximate surface area is 179 Å². The first-order chi connectivity index (χ1) is 14.6. The summed E-state index contributed by atoms with van der Waals surface area (Å²) in [4.78, 5) is 17.1. The van der Waals surface area contributed by atoms with Gasteiger partial charge in [-0.3, -0.25) is 4.79 Å². The summed E-state index contributed by atoms with van der Waals surface area (Å²) in [6.45, 7) is 3.21. The van der Waals surface area contributed by atoms with Crippen molar-refractivity contribution in [2.24, 2.45) is 0 Å². The highest BCUT2D eigenvalue weighted by Gasteiger charge is 2.25. The van der Waals surface area contributed by atoms with Crippen LogP contribution in [0, 0.1) is 5.82 Å². The normalized spacial score (nSPS) is 15.3. The van der Waals surface area contributed by atoms with Crippen LogP contribution in [0.15, 0.2) is 54.9 Å². The number of hydrogen-bond acceptors (Lipinski definition) is 5. The van der Waals surface area contributed by atoms with Crippen molar-refractivity contribution in [2.45, 2.75) is 18.9 Å². The molecule has 1 amide bonds. The van der Waals surface area contributed by atoms with Gasteiger partial charge in [0, 0.05) is 49.2 Å². The SMILES string of the molecule is O=C(CC(Cn1cnnn1)c1ccc(Cl)cc1)N1CCN(c2ccc(F)cc2)CC1. The van der Waals surface area contributed by atoms with Gasteiger partial charge >= 0.3 is 0 Å². The maximum atomic E-state index is 13.1. The molecule has 1 fully saturated rings. The number of hydrogen-bond donors (Lipinski definition) is 0. The zero-order valence-corrected chi connectivity index (χ0v) is 17.1. The van der Waals surface area contributed by atoms with E-state index in [1.165, 1.54) is 12.1 Å². The molecule has 9 heteroatoms. The van der Waals surface area contributed by atoms with Crippen molar-refractivity contribution in [3.05, 3.63) is 71.3 Å². The fourth-order valence-electron chi connectivity index (χ4n) is 3.72. The van der Waals surface area contributed by atoms with E-state index in [1.54, 1.807) is 23.1 Å². The van der Waals surface area contributed by atoms with E-state index in [-0.39, 0.29) is 17.6 Å². The molecule has 30 heavy (non-hydrogen) atoms. The number of tetrazole rings is 1. The number of halogens is 2. The molecule has 0 radical (unpaired) electrons. The first-order valence-corrected chi connectivity index (χ1v) is 10.2. The molecule has 7 nitrogen and oxygen atoms in total. The van der Waals surface area contributed by atoms with Gasteiger partial charge in [0.2, 0.25) is 5.91 Å². The van der Waals surface area contributed by atoms with Crippen molar-refractivity contribution in [3.8, 4) is 0 Å². The minimum Gasteiger partial charge on any atom is -0.368 e. The summed E-state index contributed by atoms with van der Waals surface area (Å²) in [6.07, 6.45) is 1.91. The minimum absolute atomic E-state index is 0.0617. The smallest absolute Gasteiger partial charge is 0.223 e. The maximum Gasteiger partial charge on any atom is 0.223 e. The summed E-state index contributed by atoms with van der Waals surface area (Å²) < 4.78 is 14.8. The number of amides is 1. The zero-order valence-electron chi connectivity index (χ0n) is 16.4. The Hall–Kier alpha value is -3.00. The van der Waals surface area contributed by atoms with Crippen LogP contribution in [0.5, 0.6) is 0 Å². The van der Waals surface area contributed by atoms with Gasteiger partial charge in [0.05, 0.1) is 6.54 Å². The van der Waals surface area contributed by atoms with E-state index in [1.807, 2.05) is 29.2 Å². The van der Waals surface area contributed by atoms with Crippen LogP contribution < -0.4 is 4.90 Å². The molecule has 1 aliphatic heterocycles. The average Bonchev–Trinajstić information content (AvgIpc) is 3.28. The second kappa shape index (κ2) is 9.21. The number of carbonyl (C=O) groups excluding carboxylic acids is 1. The molecule has 0 bridgehead atoms. The molecule has 1 unspecified atom stereocenters. The summed E-state index contributed by atoms with van der Waals surface area (Å²) in [6, 6.07) is 14.0. The zero-order chi connectivity index (χ0) is 20.9. The molecule has 3 aromatic rings. The number of benzene rings is 2. The second-order valence-corrected chi connectivity index (χ2v) is 7.77.